The molecule has 6 nitrogen and oxygen atoms in total. The predicted octanol–water partition coefficient (Wildman–Crippen LogP) is 5.21. The van der Waals surface area contributed by atoms with Crippen LogP contribution in [0.4, 0.5) is 0 Å². The number of benzene rings is 2. The zero-order chi connectivity index (χ0) is 27.6. The van der Waals surface area contributed by atoms with Crippen LogP contribution in [0.5, 0.6) is 11.5 Å². The molecule has 3 heterocycles. The van der Waals surface area contributed by atoms with E-state index in [0.717, 1.165) is 58.7 Å². The zero-order valence-electron chi connectivity index (χ0n) is 23.5. The molecule has 8 bridgehead atoms. The van der Waals surface area contributed by atoms with Crippen LogP contribution in [0.25, 0.3) is 0 Å². The van der Waals surface area contributed by atoms with Gasteiger partial charge in [-0.05, 0) is 70.7 Å². The van der Waals surface area contributed by atoms with Gasteiger partial charge < -0.3 is 29.8 Å². The fourth-order valence-electron chi connectivity index (χ4n) is 5.54. The van der Waals surface area contributed by atoms with E-state index < -0.39 is 0 Å². The van der Waals surface area contributed by atoms with E-state index in [1.807, 2.05) is 0 Å². The average molecular weight is 553 g/mol. The highest BCUT2D eigenvalue weighted by Crippen LogP contribution is 2.37. The lowest BCUT2D eigenvalue weighted by Gasteiger charge is -2.29. The Morgan fingerprint density at radius 3 is 0.974 bits per heavy atom. The maximum Gasteiger partial charge on any atom is 0.172 e. The molecular weight excluding hydrogens is 512 g/mol. The second-order valence-electron chi connectivity index (χ2n) is 13.0. The third-order valence-corrected chi connectivity index (χ3v) is 9.11. The van der Waals surface area contributed by atoms with Crippen LogP contribution in [-0.2, 0) is 37.0 Å². The zero-order valence-corrected chi connectivity index (χ0v) is 25.1. The molecule has 0 unspecified atom stereocenters. The van der Waals surface area contributed by atoms with Crippen LogP contribution in [0, 0.1) is 0 Å². The Bertz CT molecular complexity index is 1120. The second-order valence-corrected chi connectivity index (χ2v) is 13.8. The fraction of sp³-hybridized carbons (Fsp3) is 0.533. The molecule has 5 rings (SSSR count). The minimum absolute atomic E-state index is 0.0574. The van der Waals surface area contributed by atoms with Crippen molar-refractivity contribution in [3.05, 3.63) is 57.6 Å². The Morgan fingerprint density at radius 2 is 0.763 bits per heavy atom. The van der Waals surface area contributed by atoms with E-state index in [1.165, 1.54) is 11.1 Å². The monoisotopic (exact) mass is 552 g/mol. The summed E-state index contributed by atoms with van der Waals surface area (Å²) in [6.07, 6.45) is 0. The third-order valence-electron chi connectivity index (χ3n) is 8.07. The van der Waals surface area contributed by atoms with Crippen LogP contribution in [0.2, 0.25) is 0 Å². The van der Waals surface area contributed by atoms with Crippen molar-refractivity contribution in [2.75, 3.05) is 26.2 Å². The molecule has 38 heavy (non-hydrogen) atoms. The molecule has 0 atom stereocenters. The normalized spacial score (nSPS) is 18.6. The third kappa shape index (κ3) is 5.05. The number of thiocarbonyl (C=S) groups is 2. The summed E-state index contributed by atoms with van der Waals surface area (Å²) in [5.41, 5.74) is 5.85. The number of nitrogens with zero attached hydrogens (tertiary/aromatic N) is 4. The topological polar surface area (TPSA) is 53.4 Å². The summed E-state index contributed by atoms with van der Waals surface area (Å²) in [5.74, 6) is 0.676. The highest BCUT2D eigenvalue weighted by atomic mass is 32.1. The number of hydrogen-bond donors (Lipinski definition) is 2. The van der Waals surface area contributed by atoms with Gasteiger partial charge in [0, 0.05) is 74.6 Å². The molecule has 0 amide bonds. The van der Waals surface area contributed by atoms with Crippen molar-refractivity contribution in [3.63, 3.8) is 0 Å². The molecule has 2 aromatic rings. The van der Waals surface area contributed by atoms with Gasteiger partial charge in [-0.2, -0.15) is 0 Å². The standard InChI is InChI=1S/C30H40N4O2S2/c1-29(2,3)23-11-19-15-31-7-9-33(27(31)37)17-21-13-24(30(4,5)6)14-22(26(21)36)18-34-10-8-32(28(34)38)16-20(12-23)25(19)35/h11-14,35-36H,7-10,15-18H2,1-6H3. The Labute approximate surface area is 237 Å². The summed E-state index contributed by atoms with van der Waals surface area (Å²) in [7, 11) is 0. The first kappa shape index (κ1) is 27.0. The predicted molar refractivity (Wildman–Crippen MR) is 160 cm³/mol. The number of phenolic OH excluding ortho intramolecular Hbond substituents is 2. The molecule has 204 valence electrons. The lowest BCUT2D eigenvalue weighted by molar-refractivity contribution is 0.404. The SMILES string of the molecule is CC(C)(C)c1cc2c(O)c(c1)CN1CCN(Cc3cc(C(C)(C)C)cc(c3O)CN3CCN(C2)C3=S)C1=S. The molecule has 2 N–H and O–H groups in total. The summed E-state index contributed by atoms with van der Waals surface area (Å²) in [6.45, 7) is 18.5. The molecule has 0 saturated carbocycles. The second kappa shape index (κ2) is 9.56. The molecule has 0 aliphatic carbocycles. The number of aromatic hydroxyl groups is 2. The summed E-state index contributed by atoms with van der Waals surface area (Å²) < 4.78 is 0. The minimum Gasteiger partial charge on any atom is -0.507 e. The first-order valence-electron chi connectivity index (χ1n) is 13.5. The molecule has 0 spiro atoms. The van der Waals surface area contributed by atoms with E-state index in [1.54, 1.807) is 0 Å². The quantitative estimate of drug-likeness (QED) is 0.432. The van der Waals surface area contributed by atoms with E-state index in [2.05, 4.69) is 85.4 Å². The van der Waals surface area contributed by atoms with Gasteiger partial charge in [0.2, 0.25) is 0 Å². The summed E-state index contributed by atoms with van der Waals surface area (Å²) in [6, 6.07) is 8.53. The van der Waals surface area contributed by atoms with Gasteiger partial charge in [0.1, 0.15) is 11.5 Å². The van der Waals surface area contributed by atoms with Crippen molar-refractivity contribution < 1.29 is 10.2 Å². The molecule has 2 fully saturated rings. The van der Waals surface area contributed by atoms with Gasteiger partial charge in [0.05, 0.1) is 0 Å². The first-order valence-corrected chi connectivity index (χ1v) is 14.3. The molecule has 2 saturated heterocycles. The van der Waals surface area contributed by atoms with Crippen LogP contribution in [0.1, 0.15) is 74.9 Å². The maximum absolute atomic E-state index is 11.4. The van der Waals surface area contributed by atoms with Gasteiger partial charge in [-0.1, -0.05) is 41.5 Å². The van der Waals surface area contributed by atoms with Crippen molar-refractivity contribution in [2.24, 2.45) is 0 Å². The molecule has 3 aliphatic rings. The summed E-state index contributed by atoms with van der Waals surface area (Å²) in [4.78, 5) is 8.67. The van der Waals surface area contributed by atoms with E-state index in [-0.39, 0.29) is 10.8 Å². The lowest BCUT2D eigenvalue weighted by Crippen LogP contribution is -2.33. The molecule has 0 radical (unpaired) electrons. The number of phenols is 2. The van der Waals surface area contributed by atoms with Crippen LogP contribution >= 0.6 is 24.4 Å². The molecular formula is C30H40N4O2S2. The molecule has 3 aliphatic heterocycles. The van der Waals surface area contributed by atoms with Crippen LogP contribution < -0.4 is 0 Å². The molecule has 8 heteroatoms. The smallest absolute Gasteiger partial charge is 0.172 e. The molecule has 0 aromatic heterocycles. The minimum atomic E-state index is -0.0574. The Morgan fingerprint density at radius 1 is 0.526 bits per heavy atom. The number of fused-ring (bicyclic) bond motifs is 8. The van der Waals surface area contributed by atoms with E-state index in [0.29, 0.717) is 37.7 Å². The van der Waals surface area contributed by atoms with Gasteiger partial charge in [0.25, 0.3) is 0 Å². The van der Waals surface area contributed by atoms with E-state index in [4.69, 9.17) is 24.4 Å². The van der Waals surface area contributed by atoms with Gasteiger partial charge in [-0.15, -0.1) is 0 Å². The maximum atomic E-state index is 11.4. The summed E-state index contributed by atoms with van der Waals surface area (Å²) >= 11 is 11.9. The van der Waals surface area contributed by atoms with Gasteiger partial charge in [-0.25, -0.2) is 0 Å². The van der Waals surface area contributed by atoms with E-state index in [9.17, 15) is 10.2 Å². The largest absolute Gasteiger partial charge is 0.507 e. The number of hydrogen-bond acceptors (Lipinski definition) is 4. The van der Waals surface area contributed by atoms with Crippen molar-refractivity contribution in [1.82, 2.24) is 19.6 Å². The van der Waals surface area contributed by atoms with Gasteiger partial charge in [-0.3, -0.25) is 0 Å². The van der Waals surface area contributed by atoms with Crippen LogP contribution in [0.3, 0.4) is 0 Å². The highest BCUT2D eigenvalue weighted by molar-refractivity contribution is 7.80. The first-order chi connectivity index (χ1) is 17.7. The van der Waals surface area contributed by atoms with Gasteiger partial charge >= 0.3 is 0 Å². The van der Waals surface area contributed by atoms with Crippen molar-refractivity contribution in [2.45, 2.75) is 78.6 Å². The Kier molecular flexibility index (Phi) is 6.79. The fourth-order valence-corrected chi connectivity index (χ4v) is 6.17. The van der Waals surface area contributed by atoms with Crippen LogP contribution in [0.15, 0.2) is 24.3 Å². The van der Waals surface area contributed by atoms with E-state index >= 15 is 0 Å². The highest BCUT2D eigenvalue weighted by Gasteiger charge is 2.32. The Balaban J connectivity index is 1.61. The average Bonchev–Trinajstić information content (AvgIpc) is 3.33. The Hall–Kier alpha value is -2.58. The molecule has 2 aromatic carbocycles. The van der Waals surface area contributed by atoms with Crippen molar-refractivity contribution >= 4 is 34.7 Å². The van der Waals surface area contributed by atoms with Crippen molar-refractivity contribution in [3.8, 4) is 11.5 Å². The van der Waals surface area contributed by atoms with Gasteiger partial charge in [0.15, 0.2) is 10.2 Å². The summed E-state index contributed by atoms with van der Waals surface area (Å²) in [5, 5.41) is 24.4. The lowest BCUT2D eigenvalue weighted by atomic mass is 9.84. The van der Waals surface area contributed by atoms with Crippen molar-refractivity contribution in [1.29, 1.82) is 0 Å². The van der Waals surface area contributed by atoms with Crippen LogP contribution in [-0.4, -0.2) is 66.2 Å². The number of rotatable bonds is 0.